The van der Waals surface area contributed by atoms with Gasteiger partial charge >= 0.3 is 5.97 Å². The Hall–Kier alpha value is -1.43. The molecule has 1 aliphatic carbocycles. The smallest absolute Gasteiger partial charge is 0.357 e. The summed E-state index contributed by atoms with van der Waals surface area (Å²) < 4.78 is 4.89. The van der Waals surface area contributed by atoms with Gasteiger partial charge in [-0.2, -0.15) is 5.10 Å². The first-order valence-corrected chi connectivity index (χ1v) is 7.51. The SMILES string of the molecule is CCOC(=O)c1csc(N/N=C2/CCCC(C)C2)n1. The van der Waals surface area contributed by atoms with Gasteiger partial charge in [0.25, 0.3) is 0 Å². The molecule has 1 aromatic rings. The molecule has 1 atom stereocenters. The van der Waals surface area contributed by atoms with Crippen LogP contribution in [0.5, 0.6) is 0 Å². The van der Waals surface area contributed by atoms with Crippen molar-refractivity contribution in [1.82, 2.24) is 4.98 Å². The molecule has 2 rings (SSSR count). The fourth-order valence-electron chi connectivity index (χ4n) is 2.11. The number of nitrogens with zero attached hydrogens (tertiary/aromatic N) is 2. The van der Waals surface area contributed by atoms with Gasteiger partial charge in [0.15, 0.2) is 5.69 Å². The Labute approximate surface area is 117 Å². The maximum Gasteiger partial charge on any atom is 0.357 e. The van der Waals surface area contributed by atoms with Gasteiger partial charge in [-0.1, -0.05) is 6.92 Å². The largest absolute Gasteiger partial charge is 0.461 e. The van der Waals surface area contributed by atoms with Crippen LogP contribution in [0.15, 0.2) is 10.5 Å². The van der Waals surface area contributed by atoms with Crippen molar-refractivity contribution in [3.8, 4) is 0 Å². The van der Waals surface area contributed by atoms with E-state index in [1.54, 1.807) is 12.3 Å². The molecule has 0 bridgehead atoms. The van der Waals surface area contributed by atoms with Crippen molar-refractivity contribution in [3.63, 3.8) is 0 Å². The second kappa shape index (κ2) is 6.65. The van der Waals surface area contributed by atoms with Crippen LogP contribution in [0, 0.1) is 5.92 Å². The molecule has 1 aliphatic rings. The number of anilines is 1. The quantitative estimate of drug-likeness (QED) is 0.679. The van der Waals surface area contributed by atoms with Crippen molar-refractivity contribution in [2.45, 2.75) is 39.5 Å². The Balaban J connectivity index is 1.93. The Kier molecular flexibility index (Phi) is 4.90. The molecule has 6 heteroatoms. The number of ether oxygens (including phenoxy) is 1. The van der Waals surface area contributed by atoms with Crippen molar-refractivity contribution in [1.29, 1.82) is 0 Å². The molecule has 1 saturated carbocycles. The number of carbonyl (C=O) groups is 1. The monoisotopic (exact) mass is 281 g/mol. The van der Waals surface area contributed by atoms with Gasteiger partial charge in [0.2, 0.25) is 5.13 Å². The van der Waals surface area contributed by atoms with E-state index in [1.807, 2.05) is 0 Å². The van der Waals surface area contributed by atoms with Gasteiger partial charge in [0, 0.05) is 11.1 Å². The van der Waals surface area contributed by atoms with Crippen LogP contribution in [0.25, 0.3) is 0 Å². The van der Waals surface area contributed by atoms with E-state index in [9.17, 15) is 4.79 Å². The summed E-state index contributed by atoms with van der Waals surface area (Å²) in [6, 6.07) is 0. The molecule has 1 N–H and O–H groups in total. The average molecular weight is 281 g/mol. The first-order chi connectivity index (χ1) is 9.19. The van der Waals surface area contributed by atoms with Crippen LogP contribution >= 0.6 is 11.3 Å². The molecule has 0 aromatic carbocycles. The van der Waals surface area contributed by atoms with E-state index in [2.05, 4.69) is 22.4 Å². The minimum absolute atomic E-state index is 0.339. The summed E-state index contributed by atoms with van der Waals surface area (Å²) in [5, 5.41) is 6.70. The van der Waals surface area contributed by atoms with Crippen LogP contribution in [0.3, 0.4) is 0 Å². The van der Waals surface area contributed by atoms with Crippen LogP contribution in [0.4, 0.5) is 5.13 Å². The lowest BCUT2D eigenvalue weighted by molar-refractivity contribution is 0.0520. The van der Waals surface area contributed by atoms with E-state index in [-0.39, 0.29) is 5.97 Å². The second-order valence-corrected chi connectivity index (χ2v) is 5.61. The number of hydrogen-bond donors (Lipinski definition) is 1. The molecule has 0 amide bonds. The van der Waals surface area contributed by atoms with Crippen molar-refractivity contribution in [2.24, 2.45) is 11.0 Å². The standard InChI is InChI=1S/C13H19N3O2S/c1-3-18-12(17)11-8-19-13(14-11)16-15-10-6-4-5-9(2)7-10/h8-9H,3-7H2,1-2H3,(H,14,16)/b15-10-. The highest BCUT2D eigenvalue weighted by molar-refractivity contribution is 7.13. The number of hydrogen-bond acceptors (Lipinski definition) is 6. The molecule has 0 aliphatic heterocycles. The van der Waals surface area contributed by atoms with Gasteiger partial charge in [0.1, 0.15) is 0 Å². The third kappa shape index (κ3) is 4.02. The highest BCUT2D eigenvalue weighted by atomic mass is 32.1. The minimum atomic E-state index is -0.384. The van der Waals surface area contributed by atoms with E-state index in [1.165, 1.54) is 29.9 Å². The number of thiazole rings is 1. The summed E-state index contributed by atoms with van der Waals surface area (Å²) in [5.41, 5.74) is 4.47. The van der Waals surface area contributed by atoms with E-state index >= 15 is 0 Å². The van der Waals surface area contributed by atoms with Gasteiger partial charge in [0.05, 0.1) is 6.61 Å². The number of rotatable bonds is 4. The highest BCUT2D eigenvalue weighted by Gasteiger charge is 2.15. The molecule has 5 nitrogen and oxygen atoms in total. The van der Waals surface area contributed by atoms with Crippen LogP contribution in [-0.2, 0) is 4.74 Å². The zero-order valence-electron chi connectivity index (χ0n) is 11.3. The third-order valence-corrected chi connectivity index (χ3v) is 3.79. The lowest BCUT2D eigenvalue weighted by Crippen LogP contribution is -2.14. The summed E-state index contributed by atoms with van der Waals surface area (Å²) in [4.78, 5) is 15.6. The molecule has 1 aromatic heterocycles. The van der Waals surface area contributed by atoms with E-state index < -0.39 is 0 Å². The number of hydrazone groups is 1. The molecular formula is C13H19N3O2S. The predicted octanol–water partition coefficient (Wildman–Crippen LogP) is 3.30. The van der Waals surface area contributed by atoms with E-state index in [0.29, 0.717) is 23.4 Å². The first kappa shape index (κ1) is 14.0. The Morgan fingerprint density at radius 3 is 3.26 bits per heavy atom. The summed E-state index contributed by atoms with van der Waals surface area (Å²) in [7, 11) is 0. The number of aromatic nitrogens is 1. The molecule has 1 unspecified atom stereocenters. The van der Waals surface area contributed by atoms with Crippen molar-refractivity contribution < 1.29 is 9.53 Å². The summed E-state index contributed by atoms with van der Waals surface area (Å²) in [6.45, 7) is 4.38. The number of esters is 1. The number of carbonyl (C=O) groups excluding carboxylic acids is 1. The minimum Gasteiger partial charge on any atom is -0.461 e. The average Bonchev–Trinajstić information content (AvgIpc) is 2.86. The zero-order chi connectivity index (χ0) is 13.7. The topological polar surface area (TPSA) is 63.6 Å². The Morgan fingerprint density at radius 1 is 1.68 bits per heavy atom. The molecule has 0 saturated heterocycles. The molecule has 1 fully saturated rings. The third-order valence-electron chi connectivity index (χ3n) is 3.04. The maximum absolute atomic E-state index is 11.5. The molecule has 1 heterocycles. The van der Waals surface area contributed by atoms with E-state index in [4.69, 9.17) is 4.74 Å². The lowest BCUT2D eigenvalue weighted by Gasteiger charge is -2.18. The molecule has 0 spiro atoms. The van der Waals surface area contributed by atoms with Crippen LogP contribution in [0.1, 0.15) is 50.0 Å². The summed E-state index contributed by atoms with van der Waals surface area (Å²) >= 11 is 1.36. The fraction of sp³-hybridized carbons (Fsp3) is 0.615. The van der Waals surface area contributed by atoms with Crippen molar-refractivity contribution >= 4 is 28.1 Å². The molecular weight excluding hydrogens is 262 g/mol. The van der Waals surface area contributed by atoms with Gasteiger partial charge < -0.3 is 4.74 Å². The molecule has 19 heavy (non-hydrogen) atoms. The van der Waals surface area contributed by atoms with Crippen LogP contribution < -0.4 is 5.43 Å². The van der Waals surface area contributed by atoms with Gasteiger partial charge in [-0.25, -0.2) is 9.78 Å². The Bertz CT molecular complexity index is 470. The number of nitrogens with one attached hydrogen (secondary N) is 1. The van der Waals surface area contributed by atoms with E-state index in [0.717, 1.165) is 12.8 Å². The van der Waals surface area contributed by atoms with Gasteiger partial charge in [-0.15, -0.1) is 11.3 Å². The predicted molar refractivity (Wildman–Crippen MR) is 76.8 cm³/mol. The zero-order valence-corrected chi connectivity index (χ0v) is 12.1. The van der Waals surface area contributed by atoms with Crippen molar-refractivity contribution in [3.05, 3.63) is 11.1 Å². The summed E-state index contributed by atoms with van der Waals surface area (Å²) in [5.74, 6) is 0.325. The molecule has 104 valence electrons. The normalized spacial score (nSPS) is 21.4. The fourth-order valence-corrected chi connectivity index (χ4v) is 2.73. The van der Waals surface area contributed by atoms with Gasteiger partial charge in [-0.05, 0) is 38.5 Å². The van der Waals surface area contributed by atoms with Crippen LogP contribution in [-0.4, -0.2) is 23.3 Å². The lowest BCUT2D eigenvalue weighted by atomic mass is 9.89. The first-order valence-electron chi connectivity index (χ1n) is 6.63. The summed E-state index contributed by atoms with van der Waals surface area (Å²) in [6.07, 6.45) is 4.58. The molecule has 0 radical (unpaired) electrons. The van der Waals surface area contributed by atoms with Gasteiger partial charge in [-0.3, -0.25) is 5.43 Å². The Morgan fingerprint density at radius 2 is 2.53 bits per heavy atom. The van der Waals surface area contributed by atoms with Crippen LogP contribution in [0.2, 0.25) is 0 Å². The van der Waals surface area contributed by atoms with Crippen molar-refractivity contribution in [2.75, 3.05) is 12.0 Å². The second-order valence-electron chi connectivity index (χ2n) is 4.75. The highest BCUT2D eigenvalue weighted by Crippen LogP contribution is 2.22. The maximum atomic E-state index is 11.5.